The van der Waals surface area contributed by atoms with E-state index in [9.17, 15) is 4.79 Å². The Bertz CT molecular complexity index is 187. The Morgan fingerprint density at radius 2 is 1.86 bits per heavy atom. The SMILES string of the molecule is CNC1CCC(OC(=O)N(C)C)CC1. The third-order valence-corrected chi connectivity index (χ3v) is 2.72. The highest BCUT2D eigenvalue weighted by Gasteiger charge is 2.23. The first-order valence-corrected chi connectivity index (χ1v) is 5.18. The smallest absolute Gasteiger partial charge is 0.409 e. The Balaban J connectivity index is 2.25. The van der Waals surface area contributed by atoms with Gasteiger partial charge in [0.15, 0.2) is 0 Å². The first-order valence-electron chi connectivity index (χ1n) is 5.18. The van der Waals surface area contributed by atoms with E-state index in [1.54, 1.807) is 14.1 Å². The van der Waals surface area contributed by atoms with E-state index in [4.69, 9.17) is 4.74 Å². The number of ether oxygens (including phenoxy) is 1. The average molecular weight is 200 g/mol. The first-order chi connectivity index (χ1) is 6.63. The van der Waals surface area contributed by atoms with Crippen LogP contribution in [0.5, 0.6) is 0 Å². The minimum absolute atomic E-state index is 0.120. The van der Waals surface area contributed by atoms with Crippen LogP contribution in [0.2, 0.25) is 0 Å². The predicted octanol–water partition coefficient (Wildman–Crippen LogP) is 1.22. The summed E-state index contributed by atoms with van der Waals surface area (Å²) < 4.78 is 5.30. The number of amides is 1. The summed E-state index contributed by atoms with van der Waals surface area (Å²) in [6, 6.07) is 0.601. The molecule has 14 heavy (non-hydrogen) atoms. The van der Waals surface area contributed by atoms with Crippen LogP contribution in [0.15, 0.2) is 0 Å². The van der Waals surface area contributed by atoms with Gasteiger partial charge in [-0.1, -0.05) is 0 Å². The molecule has 0 heterocycles. The molecule has 1 fully saturated rings. The summed E-state index contributed by atoms with van der Waals surface area (Å²) in [6.45, 7) is 0. The summed E-state index contributed by atoms with van der Waals surface area (Å²) in [5, 5.41) is 3.25. The van der Waals surface area contributed by atoms with E-state index in [-0.39, 0.29) is 12.2 Å². The number of carbonyl (C=O) groups excluding carboxylic acids is 1. The molecule has 0 aromatic rings. The molecular weight excluding hydrogens is 180 g/mol. The van der Waals surface area contributed by atoms with Gasteiger partial charge in [-0.25, -0.2) is 4.79 Å². The number of rotatable bonds is 2. The number of nitrogens with zero attached hydrogens (tertiary/aromatic N) is 1. The molecule has 1 aliphatic carbocycles. The second-order valence-electron chi connectivity index (χ2n) is 4.04. The standard InChI is InChI=1S/C10H20N2O2/c1-11-8-4-6-9(7-5-8)14-10(13)12(2)3/h8-9,11H,4-7H2,1-3H3. The zero-order chi connectivity index (χ0) is 10.6. The van der Waals surface area contributed by atoms with E-state index >= 15 is 0 Å². The van der Waals surface area contributed by atoms with E-state index in [2.05, 4.69) is 5.32 Å². The van der Waals surface area contributed by atoms with Crippen molar-refractivity contribution in [2.75, 3.05) is 21.1 Å². The average Bonchev–Trinajstić information content (AvgIpc) is 2.19. The summed E-state index contributed by atoms with van der Waals surface area (Å²) in [6.07, 6.45) is 4.05. The van der Waals surface area contributed by atoms with E-state index in [0.29, 0.717) is 6.04 Å². The fourth-order valence-electron chi connectivity index (χ4n) is 1.72. The molecule has 0 spiro atoms. The second-order valence-corrected chi connectivity index (χ2v) is 4.04. The van der Waals surface area contributed by atoms with Crippen molar-refractivity contribution in [1.82, 2.24) is 10.2 Å². The van der Waals surface area contributed by atoms with Crippen LogP contribution in [-0.4, -0.2) is 44.3 Å². The van der Waals surface area contributed by atoms with Crippen molar-refractivity contribution in [3.8, 4) is 0 Å². The fraction of sp³-hybridized carbons (Fsp3) is 0.900. The third-order valence-electron chi connectivity index (χ3n) is 2.72. The first kappa shape index (κ1) is 11.3. The van der Waals surface area contributed by atoms with Crippen molar-refractivity contribution >= 4 is 6.09 Å². The molecule has 1 rings (SSSR count). The van der Waals surface area contributed by atoms with Crippen LogP contribution in [0.1, 0.15) is 25.7 Å². The lowest BCUT2D eigenvalue weighted by molar-refractivity contribution is 0.0511. The Kier molecular flexibility index (Phi) is 4.20. The Hall–Kier alpha value is -0.770. The van der Waals surface area contributed by atoms with Gasteiger partial charge >= 0.3 is 6.09 Å². The van der Waals surface area contributed by atoms with Crippen LogP contribution in [0, 0.1) is 0 Å². The van der Waals surface area contributed by atoms with Crippen LogP contribution >= 0.6 is 0 Å². The number of hydrogen-bond acceptors (Lipinski definition) is 3. The second kappa shape index (κ2) is 5.20. The lowest BCUT2D eigenvalue weighted by Gasteiger charge is -2.28. The molecule has 1 saturated carbocycles. The fourth-order valence-corrected chi connectivity index (χ4v) is 1.72. The maximum Gasteiger partial charge on any atom is 0.409 e. The van der Waals surface area contributed by atoms with Crippen LogP contribution in [-0.2, 0) is 4.74 Å². The third kappa shape index (κ3) is 3.18. The van der Waals surface area contributed by atoms with Crippen LogP contribution < -0.4 is 5.32 Å². The minimum atomic E-state index is -0.224. The topological polar surface area (TPSA) is 41.6 Å². The highest BCUT2D eigenvalue weighted by Crippen LogP contribution is 2.21. The maximum atomic E-state index is 11.3. The number of hydrogen-bond donors (Lipinski definition) is 1. The molecule has 1 N–H and O–H groups in total. The van der Waals surface area contributed by atoms with Gasteiger partial charge in [-0.3, -0.25) is 0 Å². The van der Waals surface area contributed by atoms with Crippen LogP contribution in [0.4, 0.5) is 4.79 Å². The molecule has 0 saturated heterocycles. The number of nitrogens with one attached hydrogen (secondary N) is 1. The number of carbonyl (C=O) groups is 1. The van der Waals surface area contributed by atoms with Crippen molar-refractivity contribution < 1.29 is 9.53 Å². The van der Waals surface area contributed by atoms with Gasteiger partial charge in [0.05, 0.1) is 0 Å². The van der Waals surface area contributed by atoms with Gasteiger partial charge in [0.2, 0.25) is 0 Å². The highest BCUT2D eigenvalue weighted by molar-refractivity contribution is 5.66. The minimum Gasteiger partial charge on any atom is -0.446 e. The Morgan fingerprint density at radius 1 is 1.29 bits per heavy atom. The lowest BCUT2D eigenvalue weighted by Crippen LogP contribution is -2.35. The molecular formula is C10H20N2O2. The van der Waals surface area contributed by atoms with Crippen LogP contribution in [0.3, 0.4) is 0 Å². The van der Waals surface area contributed by atoms with Gasteiger partial charge in [-0.2, -0.15) is 0 Å². The summed E-state index contributed by atoms with van der Waals surface area (Å²) in [4.78, 5) is 12.7. The molecule has 1 amide bonds. The normalized spacial score (nSPS) is 27.1. The molecule has 0 bridgehead atoms. The van der Waals surface area contributed by atoms with Crippen molar-refractivity contribution in [2.24, 2.45) is 0 Å². The molecule has 0 atom stereocenters. The van der Waals surface area contributed by atoms with Crippen molar-refractivity contribution in [2.45, 2.75) is 37.8 Å². The molecule has 1 aliphatic rings. The molecule has 0 radical (unpaired) electrons. The Labute approximate surface area is 85.6 Å². The molecule has 0 aromatic heterocycles. The van der Waals surface area contributed by atoms with Gasteiger partial charge < -0.3 is 15.0 Å². The van der Waals surface area contributed by atoms with Gasteiger partial charge in [0, 0.05) is 20.1 Å². The maximum absolute atomic E-state index is 11.3. The molecule has 0 aliphatic heterocycles. The van der Waals surface area contributed by atoms with Crippen molar-refractivity contribution in [3.63, 3.8) is 0 Å². The molecule has 0 aromatic carbocycles. The van der Waals surface area contributed by atoms with E-state index in [1.165, 1.54) is 4.90 Å². The zero-order valence-corrected chi connectivity index (χ0v) is 9.25. The van der Waals surface area contributed by atoms with E-state index in [0.717, 1.165) is 25.7 Å². The lowest BCUT2D eigenvalue weighted by atomic mass is 9.93. The van der Waals surface area contributed by atoms with Crippen LogP contribution in [0.25, 0.3) is 0 Å². The van der Waals surface area contributed by atoms with E-state index < -0.39 is 0 Å². The zero-order valence-electron chi connectivity index (χ0n) is 9.25. The van der Waals surface area contributed by atoms with Gasteiger partial charge in [0.25, 0.3) is 0 Å². The molecule has 4 nitrogen and oxygen atoms in total. The predicted molar refractivity (Wildman–Crippen MR) is 55.3 cm³/mol. The Morgan fingerprint density at radius 3 is 2.29 bits per heavy atom. The quantitative estimate of drug-likeness (QED) is 0.728. The summed E-state index contributed by atoms with van der Waals surface area (Å²) >= 11 is 0. The van der Waals surface area contributed by atoms with Gasteiger partial charge in [0.1, 0.15) is 6.10 Å². The summed E-state index contributed by atoms with van der Waals surface area (Å²) in [5.74, 6) is 0. The highest BCUT2D eigenvalue weighted by atomic mass is 16.6. The van der Waals surface area contributed by atoms with E-state index in [1.807, 2.05) is 7.05 Å². The van der Waals surface area contributed by atoms with Gasteiger partial charge in [-0.05, 0) is 32.7 Å². The van der Waals surface area contributed by atoms with Crippen molar-refractivity contribution in [1.29, 1.82) is 0 Å². The van der Waals surface area contributed by atoms with Crippen molar-refractivity contribution in [3.05, 3.63) is 0 Å². The van der Waals surface area contributed by atoms with Gasteiger partial charge in [-0.15, -0.1) is 0 Å². The molecule has 82 valence electrons. The molecule has 4 heteroatoms. The molecule has 0 unspecified atom stereocenters. The summed E-state index contributed by atoms with van der Waals surface area (Å²) in [7, 11) is 5.40. The largest absolute Gasteiger partial charge is 0.446 e. The monoisotopic (exact) mass is 200 g/mol. The summed E-state index contributed by atoms with van der Waals surface area (Å²) in [5.41, 5.74) is 0.